The summed E-state index contributed by atoms with van der Waals surface area (Å²) in [5.74, 6) is 0.989. The molecular formula is C13H21N3O. The van der Waals surface area contributed by atoms with E-state index >= 15 is 0 Å². The van der Waals surface area contributed by atoms with Crippen LogP contribution in [0.2, 0.25) is 0 Å². The van der Waals surface area contributed by atoms with Crippen molar-refractivity contribution in [3.8, 4) is 0 Å². The average molecular weight is 235 g/mol. The van der Waals surface area contributed by atoms with Crippen molar-refractivity contribution >= 4 is 5.82 Å². The fraction of sp³-hybridized carbons (Fsp3) is 0.615. The van der Waals surface area contributed by atoms with Crippen molar-refractivity contribution in [3.05, 3.63) is 23.4 Å². The van der Waals surface area contributed by atoms with E-state index in [0.29, 0.717) is 12.6 Å². The van der Waals surface area contributed by atoms with Crippen LogP contribution in [0.3, 0.4) is 0 Å². The molecule has 0 radical (unpaired) electrons. The van der Waals surface area contributed by atoms with E-state index in [0.717, 1.165) is 36.6 Å². The van der Waals surface area contributed by atoms with Gasteiger partial charge in [0.2, 0.25) is 0 Å². The lowest BCUT2D eigenvalue weighted by Crippen LogP contribution is -2.30. The molecule has 2 rings (SSSR count). The summed E-state index contributed by atoms with van der Waals surface area (Å²) in [4.78, 5) is 6.73. The van der Waals surface area contributed by atoms with E-state index in [-0.39, 0.29) is 0 Å². The molecule has 0 aliphatic carbocycles. The smallest absolute Gasteiger partial charge is 0.133 e. The van der Waals surface area contributed by atoms with Crippen molar-refractivity contribution in [3.63, 3.8) is 0 Å². The van der Waals surface area contributed by atoms with Crippen LogP contribution >= 0.6 is 0 Å². The lowest BCUT2D eigenvalue weighted by Gasteiger charge is -2.24. The number of hydrogen-bond acceptors (Lipinski definition) is 4. The summed E-state index contributed by atoms with van der Waals surface area (Å²) in [6, 6.07) is 4.06. The van der Waals surface area contributed by atoms with Crippen LogP contribution < -0.4 is 10.6 Å². The normalized spacial score (nSPS) is 19.6. The number of hydrogen-bond donors (Lipinski definition) is 1. The number of rotatable bonds is 4. The van der Waals surface area contributed by atoms with Gasteiger partial charge in [-0.2, -0.15) is 0 Å². The Morgan fingerprint density at radius 2 is 2.35 bits per heavy atom. The molecule has 2 N–H and O–H groups in total. The number of ether oxygens (including phenoxy) is 1. The second-order valence-electron chi connectivity index (χ2n) is 4.66. The van der Waals surface area contributed by atoms with Gasteiger partial charge in [-0.05, 0) is 25.8 Å². The Balaban J connectivity index is 2.11. The third-order valence-corrected chi connectivity index (χ3v) is 3.18. The lowest BCUT2D eigenvalue weighted by atomic mass is 10.2. The number of nitrogens with two attached hydrogens (primary N) is 1. The highest BCUT2D eigenvalue weighted by Crippen LogP contribution is 2.20. The topological polar surface area (TPSA) is 51.4 Å². The third kappa shape index (κ3) is 2.96. The van der Waals surface area contributed by atoms with Crippen LogP contribution in [0.5, 0.6) is 0 Å². The molecule has 2 heterocycles. The Bertz CT molecular complexity index is 375. The standard InChI is InChI=1S/C13H21N3O/c1-10-5-6-11(8-14)13(15-10)16(2)9-12-4-3-7-17-12/h5-6,12H,3-4,7-9,14H2,1-2H3. The van der Waals surface area contributed by atoms with Gasteiger partial charge >= 0.3 is 0 Å². The molecule has 1 atom stereocenters. The number of aryl methyl sites for hydroxylation is 1. The molecule has 1 aromatic rings. The van der Waals surface area contributed by atoms with E-state index in [1.165, 1.54) is 6.42 Å². The predicted molar refractivity (Wildman–Crippen MR) is 69.1 cm³/mol. The molecule has 17 heavy (non-hydrogen) atoms. The van der Waals surface area contributed by atoms with Gasteiger partial charge in [0, 0.05) is 38.0 Å². The molecule has 0 bridgehead atoms. The quantitative estimate of drug-likeness (QED) is 0.858. The van der Waals surface area contributed by atoms with Gasteiger partial charge in [-0.3, -0.25) is 0 Å². The highest BCUT2D eigenvalue weighted by atomic mass is 16.5. The van der Waals surface area contributed by atoms with Gasteiger partial charge in [0.1, 0.15) is 5.82 Å². The molecule has 1 aliphatic rings. The molecule has 1 unspecified atom stereocenters. The number of nitrogens with zero attached hydrogens (tertiary/aromatic N) is 2. The van der Waals surface area contributed by atoms with Crippen molar-refractivity contribution in [2.45, 2.75) is 32.4 Å². The molecule has 1 fully saturated rings. The maximum Gasteiger partial charge on any atom is 0.133 e. The van der Waals surface area contributed by atoms with Gasteiger partial charge in [0.15, 0.2) is 0 Å². The SMILES string of the molecule is Cc1ccc(CN)c(N(C)CC2CCCO2)n1. The molecule has 4 heteroatoms. The fourth-order valence-corrected chi connectivity index (χ4v) is 2.24. The zero-order valence-electron chi connectivity index (χ0n) is 10.6. The van der Waals surface area contributed by atoms with E-state index in [2.05, 4.69) is 23.0 Å². The first-order valence-electron chi connectivity index (χ1n) is 6.20. The first-order valence-corrected chi connectivity index (χ1v) is 6.20. The van der Waals surface area contributed by atoms with Crippen molar-refractivity contribution < 1.29 is 4.74 Å². The minimum atomic E-state index is 0.341. The molecule has 0 amide bonds. The second-order valence-corrected chi connectivity index (χ2v) is 4.66. The van der Waals surface area contributed by atoms with Crippen LogP contribution in [-0.2, 0) is 11.3 Å². The van der Waals surface area contributed by atoms with Crippen LogP contribution in [-0.4, -0.2) is 31.3 Å². The van der Waals surface area contributed by atoms with Gasteiger partial charge in [0.05, 0.1) is 6.10 Å². The van der Waals surface area contributed by atoms with Crippen LogP contribution in [0.1, 0.15) is 24.1 Å². The van der Waals surface area contributed by atoms with Crippen LogP contribution in [0.15, 0.2) is 12.1 Å². The predicted octanol–water partition coefficient (Wildman–Crippen LogP) is 1.46. The first-order chi connectivity index (χ1) is 8.20. The van der Waals surface area contributed by atoms with Gasteiger partial charge in [-0.25, -0.2) is 4.98 Å². The van der Waals surface area contributed by atoms with Crippen LogP contribution in [0, 0.1) is 6.92 Å². The summed E-state index contributed by atoms with van der Waals surface area (Å²) < 4.78 is 5.65. The highest BCUT2D eigenvalue weighted by molar-refractivity contribution is 5.47. The zero-order chi connectivity index (χ0) is 12.3. The molecule has 0 spiro atoms. The highest BCUT2D eigenvalue weighted by Gasteiger charge is 2.19. The summed E-state index contributed by atoms with van der Waals surface area (Å²) in [5, 5.41) is 0. The number of anilines is 1. The molecule has 1 aliphatic heterocycles. The maximum absolute atomic E-state index is 5.75. The lowest BCUT2D eigenvalue weighted by molar-refractivity contribution is 0.116. The summed E-state index contributed by atoms with van der Waals surface area (Å²) in [6.07, 6.45) is 2.66. The Kier molecular flexibility index (Phi) is 3.97. The van der Waals surface area contributed by atoms with Crippen molar-refractivity contribution in [1.82, 2.24) is 4.98 Å². The molecule has 0 saturated carbocycles. The van der Waals surface area contributed by atoms with Crippen LogP contribution in [0.4, 0.5) is 5.82 Å². The van der Waals surface area contributed by atoms with E-state index < -0.39 is 0 Å². The maximum atomic E-state index is 5.75. The summed E-state index contributed by atoms with van der Waals surface area (Å²) in [7, 11) is 2.06. The second kappa shape index (κ2) is 5.47. The Labute approximate surface area is 103 Å². The van der Waals surface area contributed by atoms with E-state index in [4.69, 9.17) is 10.5 Å². The van der Waals surface area contributed by atoms with E-state index in [9.17, 15) is 0 Å². The van der Waals surface area contributed by atoms with Gasteiger partial charge < -0.3 is 15.4 Å². The molecule has 0 aromatic carbocycles. The van der Waals surface area contributed by atoms with Gasteiger partial charge in [-0.1, -0.05) is 6.07 Å². The molecule has 4 nitrogen and oxygen atoms in total. The van der Waals surface area contributed by atoms with Crippen molar-refractivity contribution in [2.24, 2.45) is 5.73 Å². The average Bonchev–Trinajstić information content (AvgIpc) is 2.81. The minimum absolute atomic E-state index is 0.341. The van der Waals surface area contributed by atoms with Crippen molar-refractivity contribution in [2.75, 3.05) is 25.1 Å². The third-order valence-electron chi connectivity index (χ3n) is 3.18. The Morgan fingerprint density at radius 1 is 1.53 bits per heavy atom. The molecule has 1 saturated heterocycles. The summed E-state index contributed by atoms with van der Waals surface area (Å²) >= 11 is 0. The van der Waals surface area contributed by atoms with Gasteiger partial charge in [-0.15, -0.1) is 0 Å². The van der Waals surface area contributed by atoms with Gasteiger partial charge in [0.25, 0.3) is 0 Å². The zero-order valence-corrected chi connectivity index (χ0v) is 10.6. The Hall–Kier alpha value is -1.13. The van der Waals surface area contributed by atoms with E-state index in [1.54, 1.807) is 0 Å². The minimum Gasteiger partial charge on any atom is -0.376 e. The van der Waals surface area contributed by atoms with E-state index in [1.807, 2.05) is 13.0 Å². The van der Waals surface area contributed by atoms with Crippen molar-refractivity contribution in [1.29, 1.82) is 0 Å². The molecule has 1 aromatic heterocycles. The molecular weight excluding hydrogens is 214 g/mol. The summed E-state index contributed by atoms with van der Waals surface area (Å²) in [6.45, 7) is 4.31. The summed E-state index contributed by atoms with van der Waals surface area (Å²) in [5.41, 5.74) is 7.87. The monoisotopic (exact) mass is 235 g/mol. The largest absolute Gasteiger partial charge is 0.376 e. The molecule has 94 valence electrons. The number of likely N-dealkylation sites (N-methyl/N-ethyl adjacent to an activating group) is 1. The number of pyridine rings is 1. The first kappa shape index (κ1) is 12.3. The Morgan fingerprint density at radius 3 is 3.00 bits per heavy atom. The van der Waals surface area contributed by atoms with Crippen LogP contribution in [0.25, 0.3) is 0 Å². The number of aromatic nitrogens is 1. The fourth-order valence-electron chi connectivity index (χ4n) is 2.24.